The molecule has 146 valence electrons. The summed E-state index contributed by atoms with van der Waals surface area (Å²) >= 11 is 12.1. The molecule has 1 saturated heterocycles. The van der Waals surface area contributed by atoms with Gasteiger partial charge >= 0.3 is 0 Å². The van der Waals surface area contributed by atoms with E-state index in [9.17, 15) is 4.79 Å². The standard InChI is InChI=1S/C21H21Cl2N3O2/c22-15-7-8-16(23)18(12-15)24-20(27)9-11-26-10-3-4-14(13-26)21-25-17-5-1-2-6-19(17)28-21/h1-2,5-8,12,14H,3-4,9-11,13H2,(H,24,27). The lowest BCUT2D eigenvalue weighted by atomic mass is 9.98. The molecule has 4 rings (SSSR count). The number of fused-ring (bicyclic) bond motifs is 1. The van der Waals surface area contributed by atoms with Crippen LogP contribution in [0.1, 0.15) is 31.1 Å². The number of halogens is 2. The number of rotatable bonds is 5. The summed E-state index contributed by atoms with van der Waals surface area (Å²) in [5, 5.41) is 3.86. The molecule has 7 heteroatoms. The number of hydrogen-bond acceptors (Lipinski definition) is 4. The quantitative estimate of drug-likeness (QED) is 0.608. The maximum atomic E-state index is 12.3. The molecular formula is C21H21Cl2N3O2. The third-order valence-electron chi connectivity index (χ3n) is 5.02. The molecule has 1 N–H and O–H groups in total. The summed E-state index contributed by atoms with van der Waals surface area (Å²) in [4.78, 5) is 19.3. The van der Waals surface area contributed by atoms with Gasteiger partial charge in [0.05, 0.1) is 10.7 Å². The van der Waals surface area contributed by atoms with Gasteiger partial charge in [-0.3, -0.25) is 4.79 Å². The lowest BCUT2D eigenvalue weighted by Gasteiger charge is -2.30. The molecule has 2 heterocycles. The van der Waals surface area contributed by atoms with Crippen LogP contribution in [-0.4, -0.2) is 35.4 Å². The van der Waals surface area contributed by atoms with Crippen LogP contribution in [0.15, 0.2) is 46.9 Å². The molecule has 2 aromatic carbocycles. The maximum Gasteiger partial charge on any atom is 0.225 e. The van der Waals surface area contributed by atoms with Gasteiger partial charge in [0.2, 0.25) is 5.91 Å². The summed E-state index contributed by atoms with van der Waals surface area (Å²) in [6, 6.07) is 12.9. The van der Waals surface area contributed by atoms with Crippen molar-refractivity contribution in [1.29, 1.82) is 0 Å². The predicted octanol–water partition coefficient (Wildman–Crippen LogP) is 5.34. The number of amides is 1. The number of nitrogens with zero attached hydrogens (tertiary/aromatic N) is 2. The van der Waals surface area contributed by atoms with E-state index in [1.165, 1.54) is 0 Å². The van der Waals surface area contributed by atoms with Crippen LogP contribution in [0.4, 0.5) is 5.69 Å². The van der Waals surface area contributed by atoms with Gasteiger partial charge in [0.25, 0.3) is 0 Å². The highest BCUT2D eigenvalue weighted by molar-refractivity contribution is 6.35. The number of aromatic nitrogens is 1. The van der Waals surface area contributed by atoms with Crippen molar-refractivity contribution in [3.63, 3.8) is 0 Å². The molecule has 1 aromatic heterocycles. The SMILES string of the molecule is O=C(CCN1CCCC(c2nc3ccccc3o2)C1)Nc1cc(Cl)ccc1Cl. The van der Waals surface area contributed by atoms with Gasteiger partial charge in [0.1, 0.15) is 5.52 Å². The van der Waals surface area contributed by atoms with Gasteiger partial charge in [-0.1, -0.05) is 35.3 Å². The van der Waals surface area contributed by atoms with E-state index in [4.69, 9.17) is 27.6 Å². The second-order valence-corrected chi connectivity index (χ2v) is 7.93. The minimum atomic E-state index is -0.0758. The number of hydrogen-bond donors (Lipinski definition) is 1. The number of para-hydroxylation sites is 2. The van der Waals surface area contributed by atoms with E-state index in [0.29, 0.717) is 28.7 Å². The fraction of sp³-hybridized carbons (Fsp3) is 0.333. The van der Waals surface area contributed by atoms with E-state index in [1.54, 1.807) is 18.2 Å². The van der Waals surface area contributed by atoms with Gasteiger partial charge in [-0.05, 0) is 49.7 Å². The number of carbonyl (C=O) groups is 1. The molecule has 0 spiro atoms. The lowest BCUT2D eigenvalue weighted by molar-refractivity contribution is -0.116. The summed E-state index contributed by atoms with van der Waals surface area (Å²) < 4.78 is 5.94. The molecule has 0 aliphatic carbocycles. The van der Waals surface area contributed by atoms with E-state index < -0.39 is 0 Å². The normalized spacial score (nSPS) is 17.7. The molecule has 1 aliphatic rings. The van der Waals surface area contributed by atoms with Crippen LogP contribution in [0.25, 0.3) is 11.1 Å². The molecule has 1 aliphatic heterocycles. The number of piperidine rings is 1. The Labute approximate surface area is 173 Å². The maximum absolute atomic E-state index is 12.3. The van der Waals surface area contributed by atoms with Gasteiger partial charge in [-0.15, -0.1) is 0 Å². The van der Waals surface area contributed by atoms with Crippen molar-refractivity contribution in [1.82, 2.24) is 9.88 Å². The Morgan fingerprint density at radius 2 is 2.11 bits per heavy atom. The summed E-state index contributed by atoms with van der Waals surface area (Å²) in [5.41, 5.74) is 2.27. The van der Waals surface area contributed by atoms with E-state index in [2.05, 4.69) is 15.2 Å². The van der Waals surface area contributed by atoms with Gasteiger partial charge in [0.15, 0.2) is 11.5 Å². The second kappa shape index (κ2) is 8.52. The number of carbonyl (C=O) groups excluding carboxylic acids is 1. The first-order valence-electron chi connectivity index (χ1n) is 9.41. The van der Waals surface area contributed by atoms with Gasteiger partial charge in [-0.2, -0.15) is 0 Å². The Hall–Kier alpha value is -2.08. The smallest absolute Gasteiger partial charge is 0.225 e. The first-order chi connectivity index (χ1) is 13.6. The van der Waals surface area contributed by atoms with Crippen molar-refractivity contribution in [2.45, 2.75) is 25.2 Å². The Morgan fingerprint density at radius 1 is 1.25 bits per heavy atom. The summed E-state index contributed by atoms with van der Waals surface area (Å²) in [6.45, 7) is 2.50. The van der Waals surface area contributed by atoms with Crippen molar-refractivity contribution < 1.29 is 9.21 Å². The van der Waals surface area contributed by atoms with Gasteiger partial charge in [0, 0.05) is 30.5 Å². The molecule has 0 saturated carbocycles. The van der Waals surface area contributed by atoms with Gasteiger partial charge in [-0.25, -0.2) is 4.98 Å². The van der Waals surface area contributed by atoms with Crippen LogP contribution >= 0.6 is 23.2 Å². The van der Waals surface area contributed by atoms with Crippen molar-refractivity contribution >= 4 is 45.9 Å². The zero-order valence-corrected chi connectivity index (χ0v) is 16.8. The molecule has 0 bridgehead atoms. The Bertz CT molecular complexity index is 956. The predicted molar refractivity (Wildman–Crippen MR) is 112 cm³/mol. The molecule has 0 radical (unpaired) electrons. The number of likely N-dealkylation sites (tertiary alicyclic amines) is 1. The number of nitrogens with one attached hydrogen (secondary N) is 1. The van der Waals surface area contributed by atoms with E-state index in [-0.39, 0.29) is 11.8 Å². The average Bonchev–Trinajstić information content (AvgIpc) is 3.14. The Balaban J connectivity index is 1.33. The summed E-state index contributed by atoms with van der Waals surface area (Å²) in [5.74, 6) is 0.973. The van der Waals surface area contributed by atoms with Crippen molar-refractivity contribution in [3.05, 3.63) is 58.4 Å². The minimum absolute atomic E-state index is 0.0758. The molecule has 5 nitrogen and oxygen atoms in total. The van der Waals surface area contributed by atoms with Crippen molar-refractivity contribution in [3.8, 4) is 0 Å². The molecule has 3 aromatic rings. The molecular weight excluding hydrogens is 397 g/mol. The van der Waals surface area contributed by atoms with E-state index >= 15 is 0 Å². The first-order valence-corrected chi connectivity index (χ1v) is 10.2. The third kappa shape index (κ3) is 4.49. The molecule has 1 fully saturated rings. The number of oxazole rings is 1. The minimum Gasteiger partial charge on any atom is -0.440 e. The van der Waals surface area contributed by atoms with Crippen LogP contribution in [0, 0.1) is 0 Å². The summed E-state index contributed by atoms with van der Waals surface area (Å²) in [7, 11) is 0. The largest absolute Gasteiger partial charge is 0.440 e. The van der Waals surface area contributed by atoms with E-state index in [0.717, 1.165) is 42.9 Å². The lowest BCUT2D eigenvalue weighted by Crippen LogP contribution is -2.36. The fourth-order valence-corrected chi connectivity index (χ4v) is 3.93. The van der Waals surface area contributed by atoms with E-state index in [1.807, 2.05) is 24.3 Å². The summed E-state index contributed by atoms with van der Waals surface area (Å²) in [6.07, 6.45) is 2.50. The fourth-order valence-electron chi connectivity index (χ4n) is 3.59. The van der Waals surface area contributed by atoms with Crippen molar-refractivity contribution in [2.75, 3.05) is 25.0 Å². The average molecular weight is 418 g/mol. The van der Waals surface area contributed by atoms with Crippen LogP contribution in [0.3, 0.4) is 0 Å². The van der Waals surface area contributed by atoms with Crippen molar-refractivity contribution in [2.24, 2.45) is 0 Å². The topological polar surface area (TPSA) is 58.4 Å². The molecule has 1 atom stereocenters. The third-order valence-corrected chi connectivity index (χ3v) is 5.59. The van der Waals surface area contributed by atoms with Gasteiger partial charge < -0.3 is 14.6 Å². The zero-order chi connectivity index (χ0) is 19.5. The molecule has 28 heavy (non-hydrogen) atoms. The highest BCUT2D eigenvalue weighted by Crippen LogP contribution is 2.29. The number of anilines is 1. The highest BCUT2D eigenvalue weighted by Gasteiger charge is 2.25. The van der Waals surface area contributed by atoms with Crippen LogP contribution in [0.5, 0.6) is 0 Å². The molecule has 1 unspecified atom stereocenters. The molecule has 1 amide bonds. The first kappa shape index (κ1) is 19.2. The number of benzene rings is 2. The second-order valence-electron chi connectivity index (χ2n) is 7.08. The zero-order valence-electron chi connectivity index (χ0n) is 15.3. The van der Waals surface area contributed by atoms with Crippen LogP contribution in [-0.2, 0) is 4.79 Å². The Morgan fingerprint density at radius 3 is 2.96 bits per heavy atom. The van der Waals surface area contributed by atoms with Crippen LogP contribution < -0.4 is 5.32 Å². The van der Waals surface area contributed by atoms with Crippen LogP contribution in [0.2, 0.25) is 10.0 Å². The highest BCUT2D eigenvalue weighted by atomic mass is 35.5. The Kier molecular flexibility index (Phi) is 5.85. The monoisotopic (exact) mass is 417 g/mol.